The second kappa shape index (κ2) is 4.96. The maximum Gasteiger partial charge on any atom is 0.337 e. The number of imide groups is 1. The summed E-state index contributed by atoms with van der Waals surface area (Å²) in [4.78, 5) is 37.4. The number of anilines is 1. The van der Waals surface area contributed by atoms with Gasteiger partial charge in [0.05, 0.1) is 22.4 Å². The van der Waals surface area contributed by atoms with Gasteiger partial charge in [-0.1, -0.05) is 23.7 Å². The summed E-state index contributed by atoms with van der Waals surface area (Å²) in [6, 6.07) is 9.09. The number of benzene rings is 2. The Bertz CT molecular complexity index is 809. The van der Waals surface area contributed by atoms with Crippen LogP contribution in [0.15, 0.2) is 36.4 Å². The van der Waals surface area contributed by atoms with Gasteiger partial charge in [-0.3, -0.25) is 9.59 Å². The van der Waals surface area contributed by atoms with Crippen LogP contribution in [0.2, 0.25) is 5.02 Å². The number of fused-ring (bicyclic) bond motifs is 1. The second-order valence-electron chi connectivity index (χ2n) is 4.87. The fraction of sp³-hybridized carbons (Fsp3) is 0.0625. The Morgan fingerprint density at radius 1 is 1.05 bits per heavy atom. The Hall–Kier alpha value is -2.66. The van der Waals surface area contributed by atoms with E-state index in [-0.39, 0.29) is 27.4 Å². The van der Waals surface area contributed by atoms with Crippen LogP contribution >= 0.6 is 11.6 Å². The van der Waals surface area contributed by atoms with Crippen molar-refractivity contribution in [3.05, 3.63) is 63.7 Å². The lowest BCUT2D eigenvalue weighted by atomic mass is 10.1. The van der Waals surface area contributed by atoms with Crippen LogP contribution in [0.25, 0.3) is 0 Å². The van der Waals surface area contributed by atoms with Gasteiger partial charge in [-0.15, -0.1) is 0 Å². The molecule has 0 aromatic heterocycles. The molecule has 0 saturated heterocycles. The molecule has 5 nitrogen and oxygen atoms in total. The Labute approximate surface area is 130 Å². The average Bonchev–Trinajstić information content (AvgIpc) is 2.74. The summed E-state index contributed by atoms with van der Waals surface area (Å²) < 4.78 is 0. The Morgan fingerprint density at radius 3 is 2.09 bits per heavy atom. The molecule has 0 saturated carbocycles. The highest BCUT2D eigenvalue weighted by molar-refractivity contribution is 6.37. The molecule has 0 fully saturated rings. The summed E-state index contributed by atoms with van der Waals surface area (Å²) in [5, 5.41) is 9.63. The zero-order valence-corrected chi connectivity index (χ0v) is 12.2. The molecule has 2 aromatic carbocycles. The largest absolute Gasteiger partial charge is 0.478 e. The van der Waals surface area contributed by atoms with Crippen molar-refractivity contribution in [2.75, 3.05) is 4.90 Å². The molecule has 1 N–H and O–H groups in total. The molecular formula is C16H10ClNO4. The fourth-order valence-electron chi connectivity index (χ4n) is 2.53. The van der Waals surface area contributed by atoms with E-state index < -0.39 is 17.8 Å². The van der Waals surface area contributed by atoms with Gasteiger partial charge in [0, 0.05) is 5.02 Å². The molecule has 0 spiro atoms. The maximum atomic E-state index is 12.5. The summed E-state index contributed by atoms with van der Waals surface area (Å²) in [6.45, 7) is 1.58. The van der Waals surface area contributed by atoms with E-state index in [1.165, 1.54) is 24.3 Å². The SMILES string of the molecule is Cc1c(Cl)ccc(C(=O)O)c1N1C(=O)c2ccccc2C1=O. The number of hydrogen-bond acceptors (Lipinski definition) is 3. The Morgan fingerprint density at radius 2 is 1.59 bits per heavy atom. The van der Waals surface area contributed by atoms with Gasteiger partial charge in [0.15, 0.2) is 0 Å². The number of carbonyl (C=O) groups is 3. The molecule has 1 aliphatic heterocycles. The van der Waals surface area contributed by atoms with Crippen molar-refractivity contribution >= 4 is 35.1 Å². The average molecular weight is 316 g/mol. The third-order valence-corrected chi connectivity index (χ3v) is 4.02. The van der Waals surface area contributed by atoms with E-state index in [2.05, 4.69) is 0 Å². The van der Waals surface area contributed by atoms with Crippen LogP contribution in [-0.4, -0.2) is 22.9 Å². The van der Waals surface area contributed by atoms with Gasteiger partial charge in [-0.2, -0.15) is 0 Å². The van der Waals surface area contributed by atoms with Gasteiger partial charge in [0.1, 0.15) is 0 Å². The molecule has 1 heterocycles. The summed E-state index contributed by atoms with van der Waals surface area (Å²) in [7, 11) is 0. The number of hydrogen-bond donors (Lipinski definition) is 1. The first-order valence-electron chi connectivity index (χ1n) is 6.43. The number of carboxylic acid groups (broad SMARTS) is 1. The topological polar surface area (TPSA) is 74.7 Å². The van der Waals surface area contributed by atoms with Crippen LogP contribution in [0, 0.1) is 6.92 Å². The van der Waals surface area contributed by atoms with Crippen molar-refractivity contribution in [2.24, 2.45) is 0 Å². The first kappa shape index (κ1) is 14.3. The minimum absolute atomic E-state index is 0.0196. The lowest BCUT2D eigenvalue weighted by Gasteiger charge is -2.19. The molecule has 0 radical (unpaired) electrons. The maximum absolute atomic E-state index is 12.5. The molecule has 3 rings (SSSR count). The lowest BCUT2D eigenvalue weighted by molar-refractivity contribution is 0.0698. The van der Waals surface area contributed by atoms with Crippen molar-refractivity contribution in [1.82, 2.24) is 0 Å². The van der Waals surface area contributed by atoms with Crippen molar-refractivity contribution in [3.63, 3.8) is 0 Å². The number of amides is 2. The number of rotatable bonds is 2. The van der Waals surface area contributed by atoms with Gasteiger partial charge < -0.3 is 5.11 Å². The van der Waals surface area contributed by atoms with Crippen LogP contribution in [0.4, 0.5) is 5.69 Å². The molecular weight excluding hydrogens is 306 g/mol. The first-order valence-corrected chi connectivity index (χ1v) is 6.81. The van der Waals surface area contributed by atoms with E-state index in [0.29, 0.717) is 5.56 Å². The number of nitrogens with zero attached hydrogens (tertiary/aromatic N) is 1. The lowest BCUT2D eigenvalue weighted by Crippen LogP contribution is -2.31. The molecule has 0 aliphatic carbocycles. The molecule has 0 atom stereocenters. The molecule has 110 valence electrons. The van der Waals surface area contributed by atoms with E-state index in [1.54, 1.807) is 19.1 Å². The monoisotopic (exact) mass is 315 g/mol. The van der Waals surface area contributed by atoms with Gasteiger partial charge >= 0.3 is 5.97 Å². The second-order valence-corrected chi connectivity index (χ2v) is 5.27. The number of carboxylic acids is 1. The number of carbonyl (C=O) groups excluding carboxylic acids is 2. The Kier molecular flexibility index (Phi) is 3.22. The molecule has 0 bridgehead atoms. The minimum Gasteiger partial charge on any atom is -0.478 e. The van der Waals surface area contributed by atoms with Crippen molar-refractivity contribution < 1.29 is 19.5 Å². The van der Waals surface area contributed by atoms with Crippen LogP contribution in [-0.2, 0) is 0 Å². The number of halogens is 1. The van der Waals surface area contributed by atoms with Crippen LogP contribution in [0.3, 0.4) is 0 Å². The summed E-state index contributed by atoms with van der Waals surface area (Å²) >= 11 is 6.03. The van der Waals surface area contributed by atoms with E-state index in [0.717, 1.165) is 4.90 Å². The third kappa shape index (κ3) is 1.90. The summed E-state index contributed by atoms with van der Waals surface area (Å²) in [6.07, 6.45) is 0. The zero-order valence-electron chi connectivity index (χ0n) is 11.5. The van der Waals surface area contributed by atoms with Crippen molar-refractivity contribution in [1.29, 1.82) is 0 Å². The molecule has 6 heteroatoms. The van der Waals surface area contributed by atoms with E-state index in [1.807, 2.05) is 0 Å². The van der Waals surface area contributed by atoms with Crippen LogP contribution < -0.4 is 4.90 Å². The van der Waals surface area contributed by atoms with E-state index >= 15 is 0 Å². The predicted molar refractivity (Wildman–Crippen MR) is 80.7 cm³/mol. The number of aromatic carboxylic acids is 1. The van der Waals surface area contributed by atoms with E-state index in [4.69, 9.17) is 11.6 Å². The first-order chi connectivity index (χ1) is 10.4. The van der Waals surface area contributed by atoms with Gasteiger partial charge in [0.25, 0.3) is 11.8 Å². The summed E-state index contributed by atoms with van der Waals surface area (Å²) in [5.41, 5.74) is 0.755. The smallest absolute Gasteiger partial charge is 0.337 e. The molecule has 22 heavy (non-hydrogen) atoms. The van der Waals surface area contributed by atoms with Gasteiger partial charge in [0.2, 0.25) is 0 Å². The zero-order chi connectivity index (χ0) is 16.0. The highest BCUT2D eigenvalue weighted by atomic mass is 35.5. The molecule has 2 aromatic rings. The van der Waals surface area contributed by atoms with Gasteiger partial charge in [-0.25, -0.2) is 9.69 Å². The van der Waals surface area contributed by atoms with Crippen molar-refractivity contribution in [3.8, 4) is 0 Å². The van der Waals surface area contributed by atoms with Crippen LogP contribution in [0.5, 0.6) is 0 Å². The minimum atomic E-state index is -1.23. The highest BCUT2D eigenvalue weighted by Gasteiger charge is 2.39. The van der Waals surface area contributed by atoms with Crippen molar-refractivity contribution in [2.45, 2.75) is 6.92 Å². The standard InChI is InChI=1S/C16H10ClNO4/c1-8-12(17)7-6-11(16(21)22)13(8)18-14(19)9-4-2-3-5-10(9)15(18)20/h2-7H,1H3,(H,21,22). The summed E-state index contributed by atoms with van der Waals surface area (Å²) in [5.74, 6) is -2.33. The molecule has 1 aliphatic rings. The normalized spacial score (nSPS) is 13.5. The third-order valence-electron chi connectivity index (χ3n) is 3.61. The fourth-order valence-corrected chi connectivity index (χ4v) is 2.68. The van der Waals surface area contributed by atoms with Crippen LogP contribution in [0.1, 0.15) is 36.6 Å². The van der Waals surface area contributed by atoms with E-state index in [9.17, 15) is 19.5 Å². The quantitative estimate of drug-likeness (QED) is 0.864. The predicted octanol–water partition coefficient (Wildman–Crippen LogP) is 3.15. The van der Waals surface area contributed by atoms with Gasteiger partial charge in [-0.05, 0) is 36.8 Å². The molecule has 2 amide bonds. The molecule has 0 unspecified atom stereocenters. The Balaban J connectivity index is 2.26. The highest BCUT2D eigenvalue weighted by Crippen LogP contribution is 2.36.